The van der Waals surface area contributed by atoms with Crippen molar-refractivity contribution < 1.29 is 5.11 Å². The van der Waals surface area contributed by atoms with Crippen molar-refractivity contribution in [2.24, 2.45) is 0 Å². The summed E-state index contributed by atoms with van der Waals surface area (Å²) in [5.41, 5.74) is -0.0921. The molecule has 0 unspecified atom stereocenters. The fraction of sp³-hybridized carbons (Fsp3) is 0.647. The predicted molar refractivity (Wildman–Crippen MR) is 85.2 cm³/mol. The van der Waals surface area contributed by atoms with E-state index in [9.17, 15) is 5.11 Å². The van der Waals surface area contributed by atoms with Crippen LogP contribution < -0.4 is 0 Å². The number of aliphatic hydroxyl groups excluding tert-OH is 1. The molecule has 0 spiro atoms. The maximum absolute atomic E-state index is 10.0. The van der Waals surface area contributed by atoms with Gasteiger partial charge in [-0.25, -0.2) is 0 Å². The highest BCUT2D eigenvalue weighted by Gasteiger charge is 2.52. The molecule has 1 N–H and O–H groups in total. The number of hydrogen-bond acceptors (Lipinski definition) is 4. The van der Waals surface area contributed by atoms with Gasteiger partial charge in [-0.15, -0.1) is 21.5 Å². The Labute approximate surface area is 134 Å². The Kier molecular flexibility index (Phi) is 2.80. The van der Waals surface area contributed by atoms with E-state index in [1.807, 2.05) is 0 Å². The van der Waals surface area contributed by atoms with E-state index in [0.717, 1.165) is 18.7 Å². The molecule has 0 atom stereocenters. The van der Waals surface area contributed by atoms with Gasteiger partial charge in [0.2, 0.25) is 0 Å². The molecule has 3 saturated carbocycles. The van der Waals surface area contributed by atoms with Crippen molar-refractivity contribution in [3.63, 3.8) is 0 Å². The Bertz CT molecular complexity index is 679. The third-order valence-corrected chi connectivity index (χ3v) is 6.77. The molecular weight excluding hydrogens is 294 g/mol. The fourth-order valence-corrected chi connectivity index (χ4v) is 5.00. The average molecular weight is 315 g/mol. The smallest absolute Gasteiger partial charge is 0.145 e. The highest BCUT2D eigenvalue weighted by Crippen LogP contribution is 2.53. The molecule has 3 aliphatic rings. The summed E-state index contributed by atoms with van der Waals surface area (Å²) in [5.74, 6) is 2.97. The van der Waals surface area contributed by atoms with E-state index in [1.54, 1.807) is 11.3 Å². The minimum Gasteiger partial charge on any atom is -0.393 e. The minimum atomic E-state index is -0.196. The SMILES string of the molecule is O[C@H]1C[C@](c2cccs2)(c2nnc(C3CCC3)n2C2CC2)C1. The predicted octanol–water partition coefficient (Wildman–Crippen LogP) is 3.38. The van der Waals surface area contributed by atoms with Gasteiger partial charge in [-0.3, -0.25) is 0 Å². The molecule has 3 aliphatic carbocycles. The van der Waals surface area contributed by atoms with Gasteiger partial charge in [-0.05, 0) is 50.0 Å². The molecule has 3 fully saturated rings. The number of aliphatic hydroxyl groups is 1. The third-order valence-electron chi connectivity index (χ3n) is 5.69. The second-order valence-corrected chi connectivity index (χ2v) is 8.18. The molecule has 0 radical (unpaired) electrons. The quantitative estimate of drug-likeness (QED) is 0.941. The summed E-state index contributed by atoms with van der Waals surface area (Å²) in [4.78, 5) is 1.34. The van der Waals surface area contributed by atoms with E-state index in [0.29, 0.717) is 12.0 Å². The minimum absolute atomic E-state index is 0.0921. The van der Waals surface area contributed by atoms with Crippen molar-refractivity contribution in [3.8, 4) is 0 Å². The Morgan fingerprint density at radius 2 is 2.00 bits per heavy atom. The number of aromatic nitrogens is 3. The lowest BCUT2D eigenvalue weighted by Gasteiger charge is -2.44. The van der Waals surface area contributed by atoms with Crippen molar-refractivity contribution in [1.82, 2.24) is 14.8 Å². The molecule has 0 saturated heterocycles. The van der Waals surface area contributed by atoms with Crippen LogP contribution >= 0.6 is 11.3 Å². The van der Waals surface area contributed by atoms with Crippen molar-refractivity contribution in [3.05, 3.63) is 34.0 Å². The van der Waals surface area contributed by atoms with E-state index in [-0.39, 0.29) is 11.5 Å². The highest BCUT2D eigenvalue weighted by atomic mass is 32.1. The molecule has 22 heavy (non-hydrogen) atoms. The molecule has 0 amide bonds. The van der Waals surface area contributed by atoms with Crippen LogP contribution in [0.25, 0.3) is 0 Å². The Balaban J connectivity index is 1.63. The Morgan fingerprint density at radius 3 is 2.55 bits per heavy atom. The van der Waals surface area contributed by atoms with Crippen LogP contribution in [-0.4, -0.2) is 26.0 Å². The van der Waals surface area contributed by atoms with Crippen LogP contribution in [0, 0.1) is 0 Å². The molecule has 0 bridgehead atoms. The van der Waals surface area contributed by atoms with Crippen LogP contribution in [0.4, 0.5) is 0 Å². The maximum Gasteiger partial charge on any atom is 0.145 e. The summed E-state index contributed by atoms with van der Waals surface area (Å²) in [6.07, 6.45) is 7.76. The molecule has 5 rings (SSSR count). The van der Waals surface area contributed by atoms with Crippen LogP contribution in [0.2, 0.25) is 0 Å². The summed E-state index contributed by atoms with van der Waals surface area (Å²) in [5, 5.41) is 21.4. The molecule has 2 heterocycles. The van der Waals surface area contributed by atoms with Crippen molar-refractivity contribution in [1.29, 1.82) is 0 Å². The summed E-state index contributed by atoms with van der Waals surface area (Å²) in [7, 11) is 0. The van der Waals surface area contributed by atoms with Crippen molar-refractivity contribution >= 4 is 11.3 Å². The first-order chi connectivity index (χ1) is 10.8. The summed E-state index contributed by atoms with van der Waals surface area (Å²) in [6.45, 7) is 0. The van der Waals surface area contributed by atoms with E-state index in [4.69, 9.17) is 0 Å². The second kappa shape index (κ2) is 4.65. The lowest BCUT2D eigenvalue weighted by Crippen LogP contribution is -2.47. The number of thiophene rings is 1. The van der Waals surface area contributed by atoms with Crippen LogP contribution in [-0.2, 0) is 5.41 Å². The van der Waals surface area contributed by atoms with E-state index >= 15 is 0 Å². The largest absolute Gasteiger partial charge is 0.393 e. The zero-order chi connectivity index (χ0) is 14.7. The maximum atomic E-state index is 10.0. The van der Waals surface area contributed by atoms with Gasteiger partial charge in [0, 0.05) is 16.8 Å². The van der Waals surface area contributed by atoms with Gasteiger partial charge in [0.15, 0.2) is 0 Å². The second-order valence-electron chi connectivity index (χ2n) is 7.23. The molecule has 0 aromatic carbocycles. The zero-order valence-electron chi connectivity index (χ0n) is 12.6. The van der Waals surface area contributed by atoms with Gasteiger partial charge in [-0.2, -0.15) is 0 Å². The third kappa shape index (κ3) is 1.78. The van der Waals surface area contributed by atoms with Gasteiger partial charge in [0.1, 0.15) is 11.6 Å². The van der Waals surface area contributed by atoms with Crippen molar-refractivity contribution in [2.45, 2.75) is 68.4 Å². The lowest BCUT2D eigenvalue weighted by molar-refractivity contribution is 0.0333. The van der Waals surface area contributed by atoms with Gasteiger partial charge in [0.05, 0.1) is 11.5 Å². The number of rotatable bonds is 4. The standard InChI is InChI=1S/C17H21N3OS/c21-13-9-17(10-13,14-5-2-8-22-14)16-19-18-15(11-3-1-4-11)20(16)12-6-7-12/h2,5,8,11-13,21H,1,3-4,6-7,9-10H2/t13-,17-. The molecule has 2 aromatic heterocycles. The van der Waals surface area contributed by atoms with Gasteiger partial charge in [-0.1, -0.05) is 12.5 Å². The summed E-state index contributed by atoms with van der Waals surface area (Å²) in [6, 6.07) is 4.91. The molecule has 4 nitrogen and oxygen atoms in total. The van der Waals surface area contributed by atoms with Crippen LogP contribution in [0.5, 0.6) is 0 Å². The molecule has 2 aromatic rings. The van der Waals surface area contributed by atoms with E-state index < -0.39 is 0 Å². The van der Waals surface area contributed by atoms with Gasteiger partial charge in [0.25, 0.3) is 0 Å². The number of hydrogen-bond donors (Lipinski definition) is 1. The van der Waals surface area contributed by atoms with Gasteiger partial charge < -0.3 is 9.67 Å². The first-order valence-corrected chi connectivity index (χ1v) is 9.33. The van der Waals surface area contributed by atoms with E-state index in [2.05, 4.69) is 32.3 Å². The lowest BCUT2D eigenvalue weighted by atomic mass is 9.65. The summed E-state index contributed by atoms with van der Waals surface area (Å²) < 4.78 is 2.47. The first-order valence-electron chi connectivity index (χ1n) is 8.45. The van der Waals surface area contributed by atoms with Crippen molar-refractivity contribution in [2.75, 3.05) is 0 Å². The Morgan fingerprint density at radius 1 is 1.18 bits per heavy atom. The monoisotopic (exact) mass is 315 g/mol. The van der Waals surface area contributed by atoms with Crippen LogP contribution in [0.15, 0.2) is 17.5 Å². The number of nitrogens with zero attached hydrogens (tertiary/aromatic N) is 3. The highest BCUT2D eigenvalue weighted by molar-refractivity contribution is 7.10. The first kappa shape index (κ1) is 13.3. The fourth-order valence-electron chi connectivity index (χ4n) is 4.06. The normalized spacial score (nSPS) is 31.8. The Hall–Kier alpha value is -1.20. The van der Waals surface area contributed by atoms with Crippen LogP contribution in [0.1, 0.15) is 73.4 Å². The van der Waals surface area contributed by atoms with Crippen LogP contribution in [0.3, 0.4) is 0 Å². The average Bonchev–Trinajstić information content (AvgIpc) is 2.96. The molecule has 5 heteroatoms. The van der Waals surface area contributed by atoms with E-state index in [1.165, 1.54) is 42.8 Å². The van der Waals surface area contributed by atoms with Gasteiger partial charge >= 0.3 is 0 Å². The molecule has 0 aliphatic heterocycles. The topological polar surface area (TPSA) is 50.9 Å². The summed E-state index contributed by atoms with van der Waals surface area (Å²) >= 11 is 1.79. The molecular formula is C17H21N3OS. The zero-order valence-corrected chi connectivity index (χ0v) is 13.4. The molecule has 116 valence electrons.